The van der Waals surface area contributed by atoms with Gasteiger partial charge >= 0.3 is 5.97 Å². The van der Waals surface area contributed by atoms with Crippen molar-refractivity contribution in [3.05, 3.63) is 0 Å². The Morgan fingerprint density at radius 1 is 1.54 bits per heavy atom. The minimum atomic E-state index is -1.48. The van der Waals surface area contributed by atoms with Crippen LogP contribution in [0.2, 0.25) is 0 Å². The van der Waals surface area contributed by atoms with Crippen LogP contribution in [0.1, 0.15) is 34.1 Å². The third kappa shape index (κ3) is 4.28. The molecule has 0 radical (unpaired) electrons. The van der Waals surface area contributed by atoms with Crippen molar-refractivity contribution in [1.82, 2.24) is 0 Å². The van der Waals surface area contributed by atoms with Gasteiger partial charge in [0.05, 0.1) is 0 Å². The second kappa shape index (κ2) is 4.62. The molecule has 0 aliphatic carbocycles. The van der Waals surface area contributed by atoms with Gasteiger partial charge in [-0.25, -0.2) is 4.79 Å². The van der Waals surface area contributed by atoms with Crippen LogP contribution in [0.4, 0.5) is 0 Å². The first-order valence-corrected chi connectivity index (χ1v) is 5.12. The largest absolute Gasteiger partial charge is 0.591 e. The number of hydrogen-bond acceptors (Lipinski definition) is 3. The number of carbonyl (C=O) groups is 1. The van der Waals surface area contributed by atoms with E-state index in [1.807, 2.05) is 0 Å². The van der Waals surface area contributed by atoms with E-state index in [0.29, 0.717) is 0 Å². The molecule has 0 amide bonds. The average Bonchev–Trinajstić information content (AvgIpc) is 1.96. The second-order valence-corrected chi connectivity index (χ2v) is 5.46. The normalized spacial score (nSPS) is 15.6. The van der Waals surface area contributed by atoms with E-state index >= 15 is 0 Å². The van der Waals surface area contributed by atoms with Gasteiger partial charge in [0, 0.05) is 0 Å². The Labute approximate surface area is 81.4 Å². The Kier molecular flexibility index (Phi) is 4.43. The highest BCUT2D eigenvalue weighted by atomic mass is 32.2. The fourth-order valence-electron chi connectivity index (χ4n) is 0.492. The third-order valence-electron chi connectivity index (χ3n) is 1.30. The van der Waals surface area contributed by atoms with Crippen LogP contribution in [0.3, 0.4) is 0 Å². The van der Waals surface area contributed by atoms with Crippen LogP contribution in [-0.2, 0) is 16.2 Å². The molecule has 0 aromatic carbocycles. The van der Waals surface area contributed by atoms with Gasteiger partial charge in [-0.1, -0.05) is 11.3 Å². The zero-order valence-electron chi connectivity index (χ0n) is 8.33. The van der Waals surface area contributed by atoms with Crippen LogP contribution in [0, 0.1) is 0 Å². The van der Waals surface area contributed by atoms with Gasteiger partial charge < -0.3 is 9.66 Å². The highest BCUT2D eigenvalue weighted by Crippen LogP contribution is 2.17. The maximum Gasteiger partial charge on any atom is 0.354 e. The van der Waals surface area contributed by atoms with Crippen LogP contribution < -0.4 is 0 Å². The van der Waals surface area contributed by atoms with Crippen molar-refractivity contribution in [1.29, 1.82) is 0 Å². The van der Waals surface area contributed by atoms with Crippen molar-refractivity contribution in [3.63, 3.8) is 0 Å². The minimum absolute atomic E-state index is 0.0340. The molecule has 4 nitrogen and oxygen atoms in total. The summed E-state index contributed by atoms with van der Waals surface area (Å²) < 4.78 is 14.5. The van der Waals surface area contributed by atoms with E-state index in [1.54, 1.807) is 27.7 Å². The number of nitrogens with zero attached hydrogens (tertiary/aromatic N) is 1. The summed E-state index contributed by atoms with van der Waals surface area (Å²) in [7, 11) is 0. The molecule has 0 bridgehead atoms. The maximum absolute atomic E-state index is 11.4. The maximum atomic E-state index is 11.4. The highest BCUT2D eigenvalue weighted by Gasteiger charge is 2.28. The fraction of sp³-hybridized carbons (Fsp3) is 0.750. The first kappa shape index (κ1) is 12.4. The van der Waals surface area contributed by atoms with E-state index in [1.165, 1.54) is 0 Å². The molecule has 0 heterocycles. The van der Waals surface area contributed by atoms with Gasteiger partial charge in [0.1, 0.15) is 16.1 Å². The SMILES string of the molecule is CCC(=N[S@+]([O-])C(C)(C)C)C(=O)O. The smallest absolute Gasteiger partial charge is 0.354 e. The standard InChI is InChI=1S/C8H15NO3S/c1-5-6(7(10)11)9-13(12)8(2,3)4/h5H2,1-4H3,(H,10,11)/t13-/m1/s1. The van der Waals surface area contributed by atoms with E-state index in [-0.39, 0.29) is 12.1 Å². The lowest BCUT2D eigenvalue weighted by Crippen LogP contribution is -2.28. The van der Waals surface area contributed by atoms with E-state index in [0.717, 1.165) is 0 Å². The summed E-state index contributed by atoms with van der Waals surface area (Å²) >= 11 is -1.48. The molecule has 0 rings (SSSR count). The number of rotatable bonds is 3. The van der Waals surface area contributed by atoms with Crippen molar-refractivity contribution < 1.29 is 14.5 Å². The summed E-state index contributed by atoms with van der Waals surface area (Å²) in [6, 6.07) is 0. The molecule has 0 spiro atoms. The predicted octanol–water partition coefficient (Wildman–Crippen LogP) is 1.38. The number of aliphatic carboxylic acids is 1. The topological polar surface area (TPSA) is 72.7 Å². The summed E-state index contributed by atoms with van der Waals surface area (Å²) in [5.41, 5.74) is -0.0340. The molecule has 0 fully saturated rings. The summed E-state index contributed by atoms with van der Waals surface area (Å²) in [5, 5.41) is 8.62. The van der Waals surface area contributed by atoms with Gasteiger partial charge in [-0.15, -0.1) is 0 Å². The van der Waals surface area contributed by atoms with Crippen LogP contribution in [-0.4, -0.2) is 26.1 Å². The van der Waals surface area contributed by atoms with E-state index in [2.05, 4.69) is 4.40 Å². The number of carboxylic acid groups (broad SMARTS) is 1. The van der Waals surface area contributed by atoms with Crippen molar-refractivity contribution in [2.24, 2.45) is 4.40 Å². The molecular formula is C8H15NO3S. The monoisotopic (exact) mass is 205 g/mol. The highest BCUT2D eigenvalue weighted by molar-refractivity contribution is 7.91. The van der Waals surface area contributed by atoms with Crippen molar-refractivity contribution in [2.75, 3.05) is 0 Å². The Balaban J connectivity index is 4.61. The average molecular weight is 205 g/mol. The molecule has 0 aliphatic rings. The van der Waals surface area contributed by atoms with Crippen molar-refractivity contribution in [2.45, 2.75) is 38.9 Å². The van der Waals surface area contributed by atoms with Gasteiger partial charge in [-0.3, -0.25) is 0 Å². The van der Waals surface area contributed by atoms with Gasteiger partial charge in [0.15, 0.2) is 5.71 Å². The van der Waals surface area contributed by atoms with Gasteiger partial charge in [-0.2, -0.15) is 0 Å². The first-order chi connectivity index (χ1) is 5.79. The molecule has 1 N–H and O–H groups in total. The molecule has 0 saturated carbocycles. The van der Waals surface area contributed by atoms with Crippen molar-refractivity contribution in [3.8, 4) is 0 Å². The second-order valence-electron chi connectivity index (χ2n) is 3.56. The Morgan fingerprint density at radius 3 is 2.23 bits per heavy atom. The molecular weight excluding hydrogens is 190 g/mol. The quantitative estimate of drug-likeness (QED) is 0.559. The molecule has 1 atom stereocenters. The van der Waals surface area contributed by atoms with Gasteiger partial charge in [0.2, 0.25) is 0 Å². The lowest BCUT2D eigenvalue weighted by atomic mass is 10.3. The Hall–Kier alpha value is -0.550. The zero-order valence-corrected chi connectivity index (χ0v) is 9.14. The van der Waals surface area contributed by atoms with E-state index in [4.69, 9.17) is 5.11 Å². The fourth-order valence-corrected chi connectivity index (χ4v) is 1.17. The first-order valence-electron chi connectivity index (χ1n) is 4.02. The minimum Gasteiger partial charge on any atom is -0.591 e. The molecule has 0 saturated heterocycles. The van der Waals surface area contributed by atoms with E-state index in [9.17, 15) is 9.35 Å². The molecule has 0 aromatic heterocycles. The molecule has 0 aliphatic heterocycles. The van der Waals surface area contributed by atoms with Gasteiger partial charge in [-0.05, 0) is 27.2 Å². The lowest BCUT2D eigenvalue weighted by Gasteiger charge is -2.18. The molecule has 76 valence electrons. The lowest BCUT2D eigenvalue weighted by molar-refractivity contribution is -0.129. The van der Waals surface area contributed by atoms with E-state index < -0.39 is 22.1 Å². The van der Waals surface area contributed by atoms with Crippen LogP contribution in [0.25, 0.3) is 0 Å². The number of hydrogen-bond donors (Lipinski definition) is 1. The van der Waals surface area contributed by atoms with Crippen LogP contribution in [0.5, 0.6) is 0 Å². The zero-order chi connectivity index (χ0) is 10.6. The molecule has 0 aromatic rings. The van der Waals surface area contributed by atoms with Crippen LogP contribution >= 0.6 is 0 Å². The summed E-state index contributed by atoms with van der Waals surface area (Å²) in [5.74, 6) is -1.10. The Morgan fingerprint density at radius 2 is 2.00 bits per heavy atom. The summed E-state index contributed by atoms with van der Waals surface area (Å²) in [6.45, 7) is 6.93. The summed E-state index contributed by atoms with van der Waals surface area (Å²) in [6.07, 6.45) is 0.289. The predicted molar refractivity (Wildman–Crippen MR) is 53.3 cm³/mol. The Bertz CT molecular complexity index is 220. The number of carboxylic acids is 1. The van der Waals surface area contributed by atoms with Crippen LogP contribution in [0.15, 0.2) is 4.40 Å². The third-order valence-corrected chi connectivity index (χ3v) is 2.73. The van der Waals surface area contributed by atoms with Gasteiger partial charge in [0.25, 0.3) is 0 Å². The molecule has 5 heteroatoms. The van der Waals surface area contributed by atoms with Crippen molar-refractivity contribution >= 4 is 23.0 Å². The summed E-state index contributed by atoms with van der Waals surface area (Å²) in [4.78, 5) is 10.5. The molecule has 13 heavy (non-hydrogen) atoms. The molecule has 0 unspecified atom stereocenters.